The van der Waals surface area contributed by atoms with E-state index in [0.29, 0.717) is 6.42 Å². The molecule has 2 N–H and O–H groups in total. The number of hydrogen-bond donors (Lipinski definition) is 2. The molecule has 0 unspecified atom stereocenters. The molecule has 3 nitrogen and oxygen atoms in total. The third-order valence-electron chi connectivity index (χ3n) is 3.15. The number of urea groups is 1. The highest BCUT2D eigenvalue weighted by Crippen LogP contribution is 2.33. The maximum Gasteiger partial charge on any atom is 0.416 e. The van der Waals surface area contributed by atoms with E-state index in [9.17, 15) is 22.4 Å². The van der Waals surface area contributed by atoms with E-state index >= 15 is 0 Å². The predicted octanol–water partition coefficient (Wildman–Crippen LogP) is 4.86. The lowest BCUT2D eigenvalue weighted by Gasteiger charge is -2.12. The summed E-state index contributed by atoms with van der Waals surface area (Å²) in [6, 6.07) is 7.76. The van der Waals surface area contributed by atoms with Crippen molar-refractivity contribution < 1.29 is 22.4 Å². The van der Waals surface area contributed by atoms with E-state index < -0.39 is 17.8 Å². The summed E-state index contributed by atoms with van der Waals surface area (Å²) in [4.78, 5) is 11.7. The molecule has 128 valence electrons. The Hall–Kier alpha value is -2.28. The quantitative estimate of drug-likeness (QED) is 0.751. The molecule has 0 fully saturated rings. The van der Waals surface area contributed by atoms with Crippen LogP contribution in [0.2, 0.25) is 5.02 Å². The number of rotatable bonds is 4. The van der Waals surface area contributed by atoms with Gasteiger partial charge in [-0.2, -0.15) is 13.2 Å². The van der Waals surface area contributed by atoms with Gasteiger partial charge in [-0.25, -0.2) is 9.18 Å². The van der Waals surface area contributed by atoms with Crippen LogP contribution >= 0.6 is 11.6 Å². The second-order valence-corrected chi connectivity index (χ2v) is 5.36. The lowest BCUT2D eigenvalue weighted by atomic mass is 10.1. The van der Waals surface area contributed by atoms with Crippen molar-refractivity contribution in [3.05, 3.63) is 64.4 Å². The van der Waals surface area contributed by atoms with Gasteiger partial charge in [0.25, 0.3) is 0 Å². The van der Waals surface area contributed by atoms with Crippen LogP contribution in [0.25, 0.3) is 0 Å². The number of anilines is 1. The summed E-state index contributed by atoms with van der Waals surface area (Å²) < 4.78 is 50.7. The molecule has 0 radical (unpaired) electrons. The Morgan fingerprint density at radius 2 is 1.75 bits per heavy atom. The number of nitrogens with one attached hydrogen (secondary N) is 2. The Bertz CT molecular complexity index is 717. The number of benzene rings is 2. The van der Waals surface area contributed by atoms with Crippen LogP contribution in [0.5, 0.6) is 0 Å². The van der Waals surface area contributed by atoms with E-state index in [1.54, 1.807) is 12.1 Å². The van der Waals surface area contributed by atoms with Gasteiger partial charge in [0.15, 0.2) is 0 Å². The van der Waals surface area contributed by atoms with Crippen LogP contribution in [0, 0.1) is 5.82 Å². The topological polar surface area (TPSA) is 41.1 Å². The first kappa shape index (κ1) is 18.1. The lowest BCUT2D eigenvalue weighted by Crippen LogP contribution is -2.30. The molecular formula is C16H13ClF4N2O. The molecule has 0 aliphatic carbocycles. The van der Waals surface area contributed by atoms with E-state index in [1.165, 1.54) is 12.1 Å². The van der Waals surface area contributed by atoms with Crippen molar-refractivity contribution >= 4 is 23.3 Å². The van der Waals surface area contributed by atoms with Gasteiger partial charge in [-0.15, -0.1) is 0 Å². The van der Waals surface area contributed by atoms with Gasteiger partial charge in [0.2, 0.25) is 0 Å². The van der Waals surface area contributed by atoms with Crippen molar-refractivity contribution in [1.82, 2.24) is 5.32 Å². The fourth-order valence-electron chi connectivity index (χ4n) is 1.94. The fourth-order valence-corrected chi connectivity index (χ4v) is 2.10. The van der Waals surface area contributed by atoms with Crippen LogP contribution in [0.4, 0.5) is 28.0 Å². The molecule has 2 aromatic carbocycles. The van der Waals surface area contributed by atoms with Gasteiger partial charge < -0.3 is 10.6 Å². The van der Waals surface area contributed by atoms with Crippen molar-refractivity contribution in [3.63, 3.8) is 0 Å². The van der Waals surface area contributed by atoms with Gasteiger partial charge in [0.05, 0.1) is 16.3 Å². The van der Waals surface area contributed by atoms with Crippen LogP contribution in [-0.4, -0.2) is 12.6 Å². The molecular weight excluding hydrogens is 348 g/mol. The second kappa shape index (κ2) is 7.53. The third-order valence-corrected chi connectivity index (χ3v) is 3.48. The van der Waals surface area contributed by atoms with Crippen LogP contribution < -0.4 is 10.6 Å². The van der Waals surface area contributed by atoms with Gasteiger partial charge in [0.1, 0.15) is 5.82 Å². The Morgan fingerprint density at radius 3 is 2.38 bits per heavy atom. The first-order valence-corrected chi connectivity index (χ1v) is 7.29. The minimum atomic E-state index is -4.53. The largest absolute Gasteiger partial charge is 0.416 e. The molecule has 2 amide bonds. The molecule has 0 aliphatic rings. The summed E-state index contributed by atoms with van der Waals surface area (Å²) in [5, 5.41) is 4.77. The highest BCUT2D eigenvalue weighted by Gasteiger charge is 2.31. The van der Waals surface area contributed by atoms with E-state index in [-0.39, 0.29) is 23.1 Å². The number of amides is 2. The molecule has 0 heterocycles. The molecule has 0 aliphatic heterocycles. The van der Waals surface area contributed by atoms with E-state index in [0.717, 1.165) is 23.8 Å². The highest BCUT2D eigenvalue weighted by molar-refractivity contribution is 6.33. The van der Waals surface area contributed by atoms with Crippen LogP contribution in [0.3, 0.4) is 0 Å². The van der Waals surface area contributed by atoms with Gasteiger partial charge in [-0.1, -0.05) is 23.7 Å². The zero-order valence-electron chi connectivity index (χ0n) is 12.3. The van der Waals surface area contributed by atoms with E-state index in [2.05, 4.69) is 10.6 Å². The molecule has 0 aromatic heterocycles. The Balaban J connectivity index is 1.91. The molecule has 0 spiro atoms. The van der Waals surface area contributed by atoms with Gasteiger partial charge in [-0.05, 0) is 42.3 Å². The average molecular weight is 361 g/mol. The second-order valence-electron chi connectivity index (χ2n) is 4.95. The van der Waals surface area contributed by atoms with Gasteiger partial charge in [-0.3, -0.25) is 0 Å². The van der Waals surface area contributed by atoms with Crippen molar-refractivity contribution in [3.8, 4) is 0 Å². The SMILES string of the molecule is O=C(NCCc1ccc(F)cc1)Nc1cc(C(F)(F)F)ccc1Cl. The summed E-state index contributed by atoms with van der Waals surface area (Å²) in [7, 11) is 0. The summed E-state index contributed by atoms with van der Waals surface area (Å²) in [5.74, 6) is -0.358. The molecule has 2 aromatic rings. The van der Waals surface area contributed by atoms with Gasteiger partial charge in [0, 0.05) is 6.54 Å². The monoisotopic (exact) mass is 360 g/mol. The molecule has 0 saturated heterocycles. The predicted molar refractivity (Wildman–Crippen MR) is 83.6 cm³/mol. The number of hydrogen-bond acceptors (Lipinski definition) is 1. The van der Waals surface area contributed by atoms with Crippen LogP contribution in [0.1, 0.15) is 11.1 Å². The Kier molecular flexibility index (Phi) is 5.66. The Morgan fingerprint density at radius 1 is 1.08 bits per heavy atom. The zero-order chi connectivity index (χ0) is 17.7. The third kappa shape index (κ3) is 5.13. The molecule has 0 bridgehead atoms. The number of halogens is 5. The van der Waals surface area contributed by atoms with Crippen molar-refractivity contribution in [1.29, 1.82) is 0 Å². The van der Waals surface area contributed by atoms with E-state index in [4.69, 9.17) is 11.6 Å². The van der Waals surface area contributed by atoms with Gasteiger partial charge >= 0.3 is 12.2 Å². The first-order valence-electron chi connectivity index (χ1n) is 6.92. The fraction of sp³-hybridized carbons (Fsp3) is 0.188. The molecule has 0 atom stereocenters. The molecule has 24 heavy (non-hydrogen) atoms. The molecule has 2 rings (SSSR count). The van der Waals surface area contributed by atoms with E-state index in [1.807, 2.05) is 0 Å². The zero-order valence-corrected chi connectivity index (χ0v) is 13.0. The number of alkyl halides is 3. The van der Waals surface area contributed by atoms with Crippen molar-refractivity contribution in [2.75, 3.05) is 11.9 Å². The summed E-state index contributed by atoms with van der Waals surface area (Å²) in [6.07, 6.45) is -4.08. The number of carbonyl (C=O) groups is 1. The van der Waals surface area contributed by atoms with Crippen molar-refractivity contribution in [2.24, 2.45) is 0 Å². The number of carbonyl (C=O) groups excluding carboxylic acids is 1. The molecule has 0 saturated carbocycles. The van der Waals surface area contributed by atoms with Crippen LogP contribution in [-0.2, 0) is 12.6 Å². The highest BCUT2D eigenvalue weighted by atomic mass is 35.5. The normalized spacial score (nSPS) is 11.2. The molecule has 8 heteroatoms. The summed E-state index contributed by atoms with van der Waals surface area (Å²) >= 11 is 5.79. The first-order chi connectivity index (χ1) is 11.3. The summed E-state index contributed by atoms with van der Waals surface area (Å²) in [5.41, 5.74) is -0.229. The van der Waals surface area contributed by atoms with Crippen molar-refractivity contribution in [2.45, 2.75) is 12.6 Å². The minimum absolute atomic E-state index is 0.00307. The summed E-state index contributed by atoms with van der Waals surface area (Å²) in [6.45, 7) is 0.230. The maximum atomic E-state index is 12.8. The smallest absolute Gasteiger partial charge is 0.338 e. The average Bonchev–Trinajstić information content (AvgIpc) is 2.50. The lowest BCUT2D eigenvalue weighted by molar-refractivity contribution is -0.137. The maximum absolute atomic E-state index is 12.8. The van der Waals surface area contributed by atoms with Crippen LogP contribution in [0.15, 0.2) is 42.5 Å². The standard InChI is InChI=1S/C16H13ClF4N2O/c17-13-6-3-11(16(19,20)21)9-14(13)23-15(24)22-8-7-10-1-4-12(18)5-2-10/h1-6,9H,7-8H2,(H2,22,23,24). The minimum Gasteiger partial charge on any atom is -0.338 e. The Labute approximate surface area is 140 Å².